The van der Waals surface area contributed by atoms with Crippen molar-refractivity contribution in [3.05, 3.63) is 23.0 Å². The number of nitrogens with one attached hydrogen (secondary N) is 1. The van der Waals surface area contributed by atoms with Crippen molar-refractivity contribution in [2.75, 3.05) is 20.3 Å². The van der Waals surface area contributed by atoms with E-state index in [-0.39, 0.29) is 5.91 Å². The van der Waals surface area contributed by atoms with Crippen LogP contribution in [0.15, 0.2) is 11.6 Å². The Balaban J connectivity index is 1.73. The minimum Gasteiger partial charge on any atom is -0.391 e. The fraction of sp³-hybridized carbons (Fsp3) is 0.571. The summed E-state index contributed by atoms with van der Waals surface area (Å²) in [5, 5.41) is 14.3. The average molecular weight is 311 g/mol. The summed E-state index contributed by atoms with van der Waals surface area (Å²) in [6.07, 6.45) is 3.08. The van der Waals surface area contributed by atoms with Crippen LogP contribution in [0.4, 0.5) is 0 Å². The van der Waals surface area contributed by atoms with Crippen molar-refractivity contribution in [3.63, 3.8) is 0 Å². The Bertz CT molecular complexity index is 593. The topological polar surface area (TPSA) is 75.9 Å². The Labute approximate surface area is 127 Å². The summed E-state index contributed by atoms with van der Waals surface area (Å²) in [5.74, 6) is -0.00389. The first kappa shape index (κ1) is 15.9. The number of thiazole rings is 1. The molecule has 1 unspecified atom stereocenters. The van der Waals surface area contributed by atoms with Gasteiger partial charge in [-0.15, -0.1) is 11.3 Å². The first-order chi connectivity index (χ1) is 10.1. The molecule has 0 aromatic carbocycles. The first-order valence-corrected chi connectivity index (χ1v) is 7.84. The van der Waals surface area contributed by atoms with E-state index in [1.165, 1.54) is 0 Å². The lowest BCUT2D eigenvalue weighted by atomic mass is 10.2. The van der Waals surface area contributed by atoms with Gasteiger partial charge in [0.25, 0.3) is 0 Å². The maximum atomic E-state index is 11.8. The van der Waals surface area contributed by atoms with Crippen LogP contribution in [0.1, 0.15) is 24.2 Å². The molecule has 2 N–H and O–H groups in total. The van der Waals surface area contributed by atoms with Gasteiger partial charge in [-0.2, -0.15) is 0 Å². The van der Waals surface area contributed by atoms with Gasteiger partial charge in [0.2, 0.25) is 5.91 Å². The van der Waals surface area contributed by atoms with E-state index < -0.39 is 6.10 Å². The Morgan fingerprint density at radius 1 is 1.62 bits per heavy atom. The minimum absolute atomic E-state index is 0.00389. The van der Waals surface area contributed by atoms with Gasteiger partial charge in [-0.25, -0.2) is 4.98 Å². The third kappa shape index (κ3) is 4.52. The fourth-order valence-corrected chi connectivity index (χ4v) is 3.06. The summed E-state index contributed by atoms with van der Waals surface area (Å²) < 4.78 is 6.87. The van der Waals surface area contributed by atoms with Crippen LogP contribution in [0, 0.1) is 6.92 Å². The van der Waals surface area contributed by atoms with Gasteiger partial charge >= 0.3 is 0 Å². The zero-order valence-electron chi connectivity index (χ0n) is 12.3. The number of aryl methyl sites for hydroxylation is 2. The maximum Gasteiger partial charge on any atom is 0.220 e. The van der Waals surface area contributed by atoms with Crippen molar-refractivity contribution in [1.82, 2.24) is 14.7 Å². The van der Waals surface area contributed by atoms with Crippen molar-refractivity contribution in [2.24, 2.45) is 0 Å². The number of imidazole rings is 1. The third-order valence-electron chi connectivity index (χ3n) is 3.17. The van der Waals surface area contributed by atoms with E-state index in [2.05, 4.69) is 10.3 Å². The fourth-order valence-electron chi connectivity index (χ4n) is 2.11. The summed E-state index contributed by atoms with van der Waals surface area (Å²) in [6, 6.07) is 0. The zero-order valence-corrected chi connectivity index (χ0v) is 13.2. The molecule has 2 rings (SSSR count). The molecule has 6 nitrogen and oxygen atoms in total. The van der Waals surface area contributed by atoms with Crippen molar-refractivity contribution in [1.29, 1.82) is 0 Å². The van der Waals surface area contributed by atoms with E-state index in [9.17, 15) is 9.90 Å². The van der Waals surface area contributed by atoms with E-state index in [0.29, 0.717) is 32.4 Å². The van der Waals surface area contributed by atoms with E-state index in [1.807, 2.05) is 22.9 Å². The second kappa shape index (κ2) is 7.53. The Morgan fingerprint density at radius 3 is 3.19 bits per heavy atom. The van der Waals surface area contributed by atoms with Gasteiger partial charge in [0, 0.05) is 37.3 Å². The van der Waals surface area contributed by atoms with Crippen LogP contribution in [-0.2, 0) is 16.0 Å². The number of methoxy groups -OCH3 is 1. The maximum absolute atomic E-state index is 11.8. The molecule has 2 aromatic heterocycles. The highest BCUT2D eigenvalue weighted by atomic mass is 32.1. The van der Waals surface area contributed by atoms with Crippen LogP contribution in [0.25, 0.3) is 4.96 Å². The van der Waals surface area contributed by atoms with E-state index in [1.54, 1.807) is 18.4 Å². The highest BCUT2D eigenvalue weighted by Gasteiger charge is 2.09. The molecular formula is C14H21N3O3S. The number of fused-ring (bicyclic) bond motifs is 1. The molecule has 116 valence electrons. The SMILES string of the molecule is COCC(O)CCNC(=O)CCc1csc2nc(C)cn12. The number of hydrogen-bond donors (Lipinski definition) is 2. The Hall–Kier alpha value is -1.44. The van der Waals surface area contributed by atoms with E-state index >= 15 is 0 Å². The van der Waals surface area contributed by atoms with Crippen molar-refractivity contribution < 1.29 is 14.6 Å². The number of aliphatic hydroxyl groups excluding tert-OH is 1. The molecule has 1 atom stereocenters. The molecule has 7 heteroatoms. The molecule has 21 heavy (non-hydrogen) atoms. The molecule has 0 aliphatic heterocycles. The first-order valence-electron chi connectivity index (χ1n) is 6.96. The molecular weight excluding hydrogens is 290 g/mol. The number of hydrogen-bond acceptors (Lipinski definition) is 5. The molecule has 0 aliphatic rings. The van der Waals surface area contributed by atoms with Crippen LogP contribution >= 0.6 is 11.3 Å². The van der Waals surface area contributed by atoms with Crippen LogP contribution in [-0.4, -0.2) is 46.8 Å². The zero-order chi connectivity index (χ0) is 15.2. The molecule has 2 aromatic rings. The van der Waals surface area contributed by atoms with E-state index in [4.69, 9.17) is 4.74 Å². The molecule has 0 aliphatic carbocycles. The van der Waals surface area contributed by atoms with Gasteiger partial charge in [0.15, 0.2) is 4.96 Å². The van der Waals surface area contributed by atoms with Gasteiger partial charge in [0.05, 0.1) is 18.4 Å². The molecule has 0 bridgehead atoms. The van der Waals surface area contributed by atoms with Gasteiger partial charge in [-0.1, -0.05) is 0 Å². The molecule has 1 amide bonds. The van der Waals surface area contributed by atoms with Crippen molar-refractivity contribution in [3.8, 4) is 0 Å². The summed E-state index contributed by atoms with van der Waals surface area (Å²) in [7, 11) is 1.54. The summed E-state index contributed by atoms with van der Waals surface area (Å²) >= 11 is 1.59. The van der Waals surface area contributed by atoms with E-state index in [0.717, 1.165) is 16.3 Å². The minimum atomic E-state index is -0.527. The second-order valence-corrected chi connectivity index (χ2v) is 5.85. The average Bonchev–Trinajstić information content (AvgIpc) is 2.96. The van der Waals surface area contributed by atoms with Crippen LogP contribution in [0.3, 0.4) is 0 Å². The predicted molar refractivity (Wildman–Crippen MR) is 81.6 cm³/mol. The van der Waals surface area contributed by atoms with Gasteiger partial charge in [0.1, 0.15) is 0 Å². The molecule has 0 saturated heterocycles. The molecule has 2 heterocycles. The standard InChI is InChI=1S/C14H21N3O3S/c1-10-7-17-11(9-21-14(17)16-10)3-4-13(19)15-6-5-12(18)8-20-2/h7,9,12,18H,3-6,8H2,1-2H3,(H,15,19). The number of rotatable bonds is 8. The van der Waals surface area contributed by atoms with Crippen molar-refractivity contribution >= 4 is 22.2 Å². The van der Waals surface area contributed by atoms with Crippen LogP contribution in [0.5, 0.6) is 0 Å². The number of ether oxygens (including phenoxy) is 1. The molecule has 0 radical (unpaired) electrons. The van der Waals surface area contributed by atoms with Gasteiger partial charge in [-0.3, -0.25) is 9.20 Å². The number of carbonyl (C=O) groups is 1. The molecule has 0 saturated carbocycles. The Kier molecular flexibility index (Phi) is 5.72. The van der Waals surface area contributed by atoms with Crippen molar-refractivity contribution in [2.45, 2.75) is 32.3 Å². The number of amides is 1. The van der Waals surface area contributed by atoms with Crippen LogP contribution < -0.4 is 5.32 Å². The lowest BCUT2D eigenvalue weighted by Crippen LogP contribution is -2.28. The predicted octanol–water partition coefficient (Wildman–Crippen LogP) is 1.15. The van der Waals surface area contributed by atoms with Gasteiger partial charge in [-0.05, 0) is 19.8 Å². The summed E-state index contributed by atoms with van der Waals surface area (Å²) in [6.45, 7) is 2.72. The number of aromatic nitrogens is 2. The normalized spacial score (nSPS) is 12.7. The quantitative estimate of drug-likeness (QED) is 0.767. The summed E-state index contributed by atoms with van der Waals surface area (Å²) in [5.41, 5.74) is 2.09. The largest absolute Gasteiger partial charge is 0.391 e. The smallest absolute Gasteiger partial charge is 0.220 e. The molecule has 0 fully saturated rings. The Morgan fingerprint density at radius 2 is 2.43 bits per heavy atom. The highest BCUT2D eigenvalue weighted by Crippen LogP contribution is 2.17. The number of carbonyl (C=O) groups excluding carboxylic acids is 1. The van der Waals surface area contributed by atoms with Gasteiger partial charge < -0.3 is 15.2 Å². The number of nitrogens with zero attached hydrogens (tertiary/aromatic N) is 2. The molecule has 0 spiro atoms. The lowest BCUT2D eigenvalue weighted by molar-refractivity contribution is -0.121. The summed E-state index contributed by atoms with van der Waals surface area (Å²) in [4.78, 5) is 17.1. The number of aliphatic hydroxyl groups is 1. The lowest BCUT2D eigenvalue weighted by Gasteiger charge is -2.10. The highest BCUT2D eigenvalue weighted by molar-refractivity contribution is 7.15. The monoisotopic (exact) mass is 311 g/mol. The second-order valence-electron chi connectivity index (χ2n) is 5.01. The third-order valence-corrected chi connectivity index (χ3v) is 4.06. The van der Waals surface area contributed by atoms with Crippen LogP contribution in [0.2, 0.25) is 0 Å².